The molecule has 1 N–H and O–H groups in total. The van der Waals surface area contributed by atoms with Crippen LogP contribution < -0.4 is 14.5 Å². The first kappa shape index (κ1) is 31.9. The molecule has 2 fully saturated rings. The van der Waals surface area contributed by atoms with Crippen molar-refractivity contribution in [2.24, 2.45) is 17.8 Å². The average molecular weight is 601 g/mol. The molecule has 230 valence electrons. The Morgan fingerprint density at radius 3 is 2.05 bits per heavy atom. The fourth-order valence-corrected chi connectivity index (χ4v) is 5.32. The molecule has 0 bridgehead atoms. The molecule has 0 radical (unpaired) electrons. The van der Waals surface area contributed by atoms with Crippen molar-refractivity contribution in [2.45, 2.75) is 39.5 Å². The van der Waals surface area contributed by atoms with Crippen molar-refractivity contribution in [3.8, 4) is 11.5 Å². The van der Waals surface area contributed by atoms with E-state index in [1.165, 1.54) is 67.6 Å². The van der Waals surface area contributed by atoms with Crippen LogP contribution in [0.1, 0.15) is 45.1 Å². The lowest BCUT2D eigenvalue weighted by molar-refractivity contribution is -0.143. The van der Waals surface area contributed by atoms with Crippen molar-refractivity contribution in [3.63, 3.8) is 0 Å². The Bertz CT molecular complexity index is 1500. The van der Waals surface area contributed by atoms with Crippen molar-refractivity contribution in [2.75, 3.05) is 23.5 Å². The predicted octanol–water partition coefficient (Wildman–Crippen LogP) is 4.85. The number of carbonyl (C=O) groups excluding carboxylic acids is 5. The van der Waals surface area contributed by atoms with E-state index >= 15 is 0 Å². The smallest absolute Gasteiger partial charge is 0.343 e. The third-order valence-corrected chi connectivity index (χ3v) is 8.04. The Labute approximate surface area is 256 Å². The Morgan fingerprint density at radius 1 is 0.864 bits per heavy atom. The van der Waals surface area contributed by atoms with Crippen molar-refractivity contribution >= 4 is 41.0 Å². The molecule has 2 heterocycles. The Kier molecular flexibility index (Phi) is 10.2. The molecule has 2 saturated heterocycles. The highest BCUT2D eigenvalue weighted by Gasteiger charge is 2.55. The summed E-state index contributed by atoms with van der Waals surface area (Å²) in [6.45, 7) is 5.76. The van der Waals surface area contributed by atoms with Crippen LogP contribution in [0.15, 0.2) is 78.9 Å². The van der Waals surface area contributed by atoms with E-state index < -0.39 is 47.4 Å². The van der Waals surface area contributed by atoms with Crippen molar-refractivity contribution in [1.29, 1.82) is 0 Å². The molecule has 2 aliphatic rings. The Balaban J connectivity index is 0.000000375. The first-order valence-electron chi connectivity index (χ1n) is 14.5. The quantitative estimate of drug-likeness (QED) is 0.287. The van der Waals surface area contributed by atoms with E-state index in [9.17, 15) is 29.1 Å². The molecule has 4 unspecified atom stereocenters. The van der Waals surface area contributed by atoms with E-state index in [-0.39, 0.29) is 18.8 Å². The number of nitrogens with zero attached hydrogens (tertiary/aromatic N) is 2. The maximum Gasteiger partial charge on any atom is 0.343 e. The van der Waals surface area contributed by atoms with Gasteiger partial charge in [0.15, 0.2) is 6.61 Å². The monoisotopic (exact) mass is 600 g/mol. The van der Waals surface area contributed by atoms with Crippen LogP contribution >= 0.6 is 0 Å². The summed E-state index contributed by atoms with van der Waals surface area (Å²) < 4.78 is 9.77. The minimum Gasteiger partial charge on any atom is -0.508 e. The Morgan fingerprint density at radius 2 is 1.45 bits per heavy atom. The molecule has 0 aliphatic carbocycles. The number of carbonyl (C=O) groups is 5. The van der Waals surface area contributed by atoms with Gasteiger partial charge in [0, 0.05) is 12.3 Å². The number of amides is 4. The maximum absolute atomic E-state index is 13.2. The van der Waals surface area contributed by atoms with E-state index in [4.69, 9.17) is 4.74 Å². The summed E-state index contributed by atoms with van der Waals surface area (Å²) in [5.41, 5.74) is 2.03. The zero-order chi connectivity index (χ0) is 32.0. The second-order valence-corrected chi connectivity index (χ2v) is 10.8. The molecular weight excluding hydrogens is 564 g/mol. The van der Waals surface area contributed by atoms with Crippen LogP contribution in [0.3, 0.4) is 0 Å². The van der Waals surface area contributed by atoms with Crippen LogP contribution in [0.5, 0.6) is 11.5 Å². The zero-order valence-corrected chi connectivity index (χ0v) is 25.1. The van der Waals surface area contributed by atoms with E-state index in [1.807, 2.05) is 0 Å². The van der Waals surface area contributed by atoms with Crippen LogP contribution in [0.4, 0.5) is 11.4 Å². The third kappa shape index (κ3) is 6.80. The van der Waals surface area contributed by atoms with E-state index in [2.05, 4.69) is 48.9 Å². The molecule has 3 aromatic carbocycles. The molecular formula is C34H36N2O8. The van der Waals surface area contributed by atoms with Gasteiger partial charge in [-0.2, -0.15) is 0 Å². The first-order chi connectivity index (χ1) is 21.1. The zero-order valence-electron chi connectivity index (χ0n) is 25.1. The van der Waals surface area contributed by atoms with Gasteiger partial charge in [0.1, 0.15) is 11.5 Å². The van der Waals surface area contributed by atoms with Gasteiger partial charge in [-0.3, -0.25) is 29.0 Å². The summed E-state index contributed by atoms with van der Waals surface area (Å²) in [5.74, 6) is -4.31. The number of aromatic hydroxyl groups is 1. The fourth-order valence-electron chi connectivity index (χ4n) is 5.32. The number of esters is 1. The molecule has 10 nitrogen and oxygen atoms in total. The molecule has 4 atom stereocenters. The number of anilines is 2. The SMILES string of the molecule is CCC(C)c1ccccc1.COC(=O)COc1ccc(N2C(=O)CC(C3C(=O)N(c4ccc(O)cc4)C(=O)C3C)C2=O)cc1. The molecule has 0 saturated carbocycles. The predicted molar refractivity (Wildman–Crippen MR) is 163 cm³/mol. The van der Waals surface area contributed by atoms with Gasteiger partial charge < -0.3 is 14.6 Å². The van der Waals surface area contributed by atoms with E-state index in [0.717, 1.165) is 9.80 Å². The van der Waals surface area contributed by atoms with Gasteiger partial charge in [-0.15, -0.1) is 0 Å². The third-order valence-electron chi connectivity index (χ3n) is 8.04. The maximum atomic E-state index is 13.2. The largest absolute Gasteiger partial charge is 0.508 e. The van der Waals surface area contributed by atoms with Crippen LogP contribution in [-0.4, -0.2) is 48.4 Å². The van der Waals surface area contributed by atoms with Crippen molar-refractivity contribution < 1.29 is 38.6 Å². The normalized spacial score (nSPS) is 20.3. The summed E-state index contributed by atoms with van der Waals surface area (Å²) in [6.07, 6.45) is 1.03. The van der Waals surface area contributed by atoms with Crippen LogP contribution in [0.2, 0.25) is 0 Å². The number of ether oxygens (including phenoxy) is 2. The number of rotatable bonds is 8. The lowest BCUT2D eigenvalue weighted by atomic mass is 9.83. The van der Waals surface area contributed by atoms with Crippen LogP contribution in [-0.2, 0) is 28.7 Å². The van der Waals surface area contributed by atoms with Gasteiger partial charge in [0.2, 0.25) is 23.6 Å². The van der Waals surface area contributed by atoms with Gasteiger partial charge in [-0.1, -0.05) is 51.1 Å². The van der Waals surface area contributed by atoms with E-state index in [1.54, 1.807) is 6.92 Å². The van der Waals surface area contributed by atoms with Gasteiger partial charge in [-0.25, -0.2) is 4.79 Å². The Hall–Kier alpha value is -4.99. The number of phenolic OH excluding ortho intramolecular Hbond substituents is 1. The molecule has 10 heteroatoms. The minimum atomic E-state index is -0.981. The number of phenols is 1. The minimum absolute atomic E-state index is 0.0126. The van der Waals surface area contributed by atoms with Gasteiger partial charge in [0.25, 0.3) is 0 Å². The highest BCUT2D eigenvalue weighted by molar-refractivity contribution is 6.26. The summed E-state index contributed by atoms with van der Waals surface area (Å²) in [5, 5.41) is 9.49. The standard InChI is InChI=1S/C24H22N2O8.C10H14/c1-13-21(24(32)26(22(13)30)15-3-7-16(27)8-4-15)18-11-19(28)25(23(18)31)14-5-9-17(10-6-14)34-12-20(29)33-2;1-3-9(2)10-7-5-4-6-8-10/h3-10,13,18,21,27H,11-12H2,1-2H3;4-9H,3H2,1-2H3. The summed E-state index contributed by atoms with van der Waals surface area (Å²) in [4.78, 5) is 65.2. The molecule has 5 rings (SSSR count). The van der Waals surface area contributed by atoms with Gasteiger partial charge >= 0.3 is 5.97 Å². The highest BCUT2D eigenvalue weighted by atomic mass is 16.6. The fraction of sp³-hybridized carbons (Fsp3) is 0.324. The molecule has 4 amide bonds. The van der Waals surface area contributed by atoms with E-state index in [0.29, 0.717) is 23.0 Å². The highest BCUT2D eigenvalue weighted by Crippen LogP contribution is 2.41. The number of hydrogen-bond acceptors (Lipinski definition) is 8. The van der Waals surface area contributed by atoms with Gasteiger partial charge in [-0.05, 0) is 66.4 Å². The average Bonchev–Trinajstić information content (AvgIpc) is 3.45. The van der Waals surface area contributed by atoms with Crippen molar-refractivity contribution in [3.05, 3.63) is 84.4 Å². The molecule has 0 aromatic heterocycles. The lowest BCUT2D eigenvalue weighted by Crippen LogP contribution is -2.36. The molecule has 0 spiro atoms. The first-order valence-corrected chi connectivity index (χ1v) is 14.5. The summed E-state index contributed by atoms with van der Waals surface area (Å²) in [6, 6.07) is 22.2. The number of methoxy groups -OCH3 is 1. The van der Waals surface area contributed by atoms with Gasteiger partial charge in [0.05, 0.1) is 30.3 Å². The molecule has 3 aromatic rings. The number of imide groups is 2. The topological polar surface area (TPSA) is 131 Å². The summed E-state index contributed by atoms with van der Waals surface area (Å²) in [7, 11) is 1.24. The van der Waals surface area contributed by atoms with Crippen LogP contribution in [0.25, 0.3) is 0 Å². The summed E-state index contributed by atoms with van der Waals surface area (Å²) >= 11 is 0. The van der Waals surface area contributed by atoms with Crippen LogP contribution in [0, 0.1) is 17.8 Å². The van der Waals surface area contributed by atoms with Crippen molar-refractivity contribution in [1.82, 2.24) is 0 Å². The molecule has 2 aliphatic heterocycles. The number of benzene rings is 3. The lowest BCUT2D eigenvalue weighted by Gasteiger charge is -2.19. The molecule has 44 heavy (non-hydrogen) atoms. The second kappa shape index (κ2) is 14.0. The number of hydrogen-bond donors (Lipinski definition) is 1. The second-order valence-electron chi connectivity index (χ2n) is 10.8.